The molecule has 27 heavy (non-hydrogen) atoms. The molecule has 0 fully saturated rings. The molecule has 7 nitrogen and oxygen atoms in total. The van der Waals surface area contributed by atoms with Crippen LogP contribution in [0.4, 0.5) is 19.0 Å². The van der Waals surface area contributed by atoms with Gasteiger partial charge in [-0.05, 0) is 32.0 Å². The zero-order chi connectivity index (χ0) is 20.1. The first-order valence-corrected chi connectivity index (χ1v) is 7.80. The van der Waals surface area contributed by atoms with Crippen molar-refractivity contribution in [2.45, 2.75) is 26.1 Å². The maximum Gasteiger partial charge on any atom is 0.420 e. The number of hydrogen-bond acceptors (Lipinski definition) is 5. The molecule has 0 bridgehead atoms. The minimum Gasteiger partial charge on any atom is -0.490 e. The predicted molar refractivity (Wildman–Crippen MR) is 89.0 cm³/mol. The Morgan fingerprint density at radius 2 is 1.78 bits per heavy atom. The first-order chi connectivity index (χ1) is 12.5. The lowest BCUT2D eigenvalue weighted by molar-refractivity contribution is -0.139. The molecule has 10 heteroatoms. The molecule has 3 rings (SSSR count). The number of pyridine rings is 1. The van der Waals surface area contributed by atoms with Crippen molar-refractivity contribution in [1.82, 2.24) is 9.88 Å². The van der Waals surface area contributed by atoms with Crippen LogP contribution in [0.25, 0.3) is 5.69 Å². The Bertz CT molecular complexity index is 1030. The molecule has 0 saturated carbocycles. The van der Waals surface area contributed by atoms with Gasteiger partial charge in [-0.1, -0.05) is 0 Å². The summed E-state index contributed by atoms with van der Waals surface area (Å²) in [5.74, 6) is -2.44. The van der Waals surface area contributed by atoms with E-state index in [0.717, 1.165) is 16.7 Å². The Kier molecular flexibility index (Phi) is 4.21. The van der Waals surface area contributed by atoms with Gasteiger partial charge in [0.1, 0.15) is 11.6 Å². The molecule has 142 valence electrons. The van der Waals surface area contributed by atoms with Crippen LogP contribution in [0.3, 0.4) is 0 Å². The fraction of sp³-hybridized carbons (Fsp3) is 0.235. The number of carbonyl (C=O) groups excluding carboxylic acids is 2. The van der Waals surface area contributed by atoms with E-state index in [1.165, 1.54) is 6.07 Å². The van der Waals surface area contributed by atoms with E-state index in [4.69, 9.17) is 10.5 Å². The third-order valence-corrected chi connectivity index (χ3v) is 3.84. The summed E-state index contributed by atoms with van der Waals surface area (Å²) in [4.78, 5) is 35.9. The maximum atomic E-state index is 13.4. The fourth-order valence-corrected chi connectivity index (χ4v) is 2.78. The number of halogens is 3. The van der Waals surface area contributed by atoms with Crippen LogP contribution in [-0.4, -0.2) is 22.5 Å². The van der Waals surface area contributed by atoms with Crippen LogP contribution in [0.5, 0.6) is 5.75 Å². The number of ether oxygens (including phenoxy) is 1. The molecule has 0 unspecified atom stereocenters. The molecule has 0 spiro atoms. The molecule has 2 heterocycles. The average molecular weight is 381 g/mol. The number of nitrogens with two attached hydrogens (primary N) is 1. The Morgan fingerprint density at radius 1 is 1.11 bits per heavy atom. The molecule has 1 aliphatic heterocycles. The summed E-state index contributed by atoms with van der Waals surface area (Å²) in [7, 11) is 0. The van der Waals surface area contributed by atoms with Crippen molar-refractivity contribution >= 4 is 17.6 Å². The van der Waals surface area contributed by atoms with Crippen LogP contribution in [0.15, 0.2) is 29.1 Å². The van der Waals surface area contributed by atoms with Gasteiger partial charge >= 0.3 is 6.18 Å². The number of carbonyl (C=O) groups is 2. The van der Waals surface area contributed by atoms with E-state index in [1.807, 2.05) is 5.32 Å². The molecule has 1 aromatic heterocycles. The van der Waals surface area contributed by atoms with Gasteiger partial charge in [-0.2, -0.15) is 13.2 Å². The summed E-state index contributed by atoms with van der Waals surface area (Å²) in [6.07, 6.45) is -5.25. The van der Waals surface area contributed by atoms with Crippen LogP contribution in [-0.2, 0) is 6.18 Å². The number of aromatic nitrogens is 1. The normalized spacial score (nSPS) is 13.7. The molecular weight excluding hydrogens is 367 g/mol. The van der Waals surface area contributed by atoms with Gasteiger partial charge in [-0.15, -0.1) is 0 Å². The zero-order valence-electron chi connectivity index (χ0n) is 14.2. The second kappa shape index (κ2) is 6.15. The van der Waals surface area contributed by atoms with Crippen LogP contribution in [0, 0.1) is 0 Å². The highest BCUT2D eigenvalue weighted by molar-refractivity contribution is 6.23. The van der Waals surface area contributed by atoms with Crippen molar-refractivity contribution in [2.75, 3.05) is 5.73 Å². The van der Waals surface area contributed by atoms with Crippen LogP contribution < -0.4 is 21.3 Å². The van der Waals surface area contributed by atoms with E-state index < -0.39 is 46.8 Å². The van der Waals surface area contributed by atoms with Crippen molar-refractivity contribution < 1.29 is 27.5 Å². The molecule has 0 radical (unpaired) electrons. The number of imide groups is 1. The third-order valence-electron chi connectivity index (χ3n) is 3.84. The van der Waals surface area contributed by atoms with E-state index >= 15 is 0 Å². The second-order valence-electron chi connectivity index (χ2n) is 6.12. The van der Waals surface area contributed by atoms with Gasteiger partial charge in [0.2, 0.25) is 0 Å². The van der Waals surface area contributed by atoms with Crippen LogP contribution in [0.2, 0.25) is 0 Å². The molecule has 0 atom stereocenters. The number of alkyl halides is 3. The first-order valence-electron chi connectivity index (χ1n) is 7.80. The summed E-state index contributed by atoms with van der Waals surface area (Å²) in [6.45, 7) is 3.15. The number of rotatable bonds is 3. The van der Waals surface area contributed by atoms with Crippen molar-refractivity contribution in [2.24, 2.45) is 0 Å². The van der Waals surface area contributed by atoms with Gasteiger partial charge in [0.15, 0.2) is 0 Å². The summed E-state index contributed by atoms with van der Waals surface area (Å²) in [6, 6.07) is 3.85. The predicted octanol–water partition coefficient (Wildman–Crippen LogP) is 2.11. The van der Waals surface area contributed by atoms with E-state index in [9.17, 15) is 27.6 Å². The number of benzene rings is 1. The molecule has 1 aromatic carbocycles. The van der Waals surface area contributed by atoms with Gasteiger partial charge in [-0.25, -0.2) is 0 Å². The topological polar surface area (TPSA) is 103 Å². The minimum absolute atomic E-state index is 0.212. The molecular formula is C17H14F3N3O4. The van der Waals surface area contributed by atoms with Crippen molar-refractivity contribution in [3.63, 3.8) is 0 Å². The van der Waals surface area contributed by atoms with E-state index in [2.05, 4.69) is 0 Å². The van der Waals surface area contributed by atoms with Gasteiger partial charge in [0, 0.05) is 6.07 Å². The number of nitrogen functional groups attached to an aromatic ring is 1. The Labute approximate surface area is 150 Å². The second-order valence-corrected chi connectivity index (χ2v) is 6.12. The lowest BCUT2D eigenvalue weighted by Crippen LogP contribution is -2.24. The van der Waals surface area contributed by atoms with Gasteiger partial charge in [0.05, 0.1) is 28.5 Å². The fourth-order valence-electron chi connectivity index (χ4n) is 2.78. The Morgan fingerprint density at radius 3 is 2.37 bits per heavy atom. The zero-order valence-corrected chi connectivity index (χ0v) is 14.2. The monoisotopic (exact) mass is 381 g/mol. The summed E-state index contributed by atoms with van der Waals surface area (Å²) in [5, 5.41) is 1.99. The molecule has 0 aliphatic carbocycles. The maximum absolute atomic E-state index is 13.4. The smallest absolute Gasteiger partial charge is 0.420 e. The van der Waals surface area contributed by atoms with Crippen molar-refractivity contribution in [1.29, 1.82) is 0 Å². The van der Waals surface area contributed by atoms with Gasteiger partial charge < -0.3 is 10.5 Å². The molecule has 3 N–H and O–H groups in total. The highest BCUT2D eigenvalue weighted by Crippen LogP contribution is 2.38. The minimum atomic E-state index is -4.75. The van der Waals surface area contributed by atoms with Crippen LogP contribution in [0.1, 0.15) is 40.1 Å². The molecule has 2 aromatic rings. The number of fused-ring (bicyclic) bond motifs is 1. The number of anilines is 1. The lowest BCUT2D eigenvalue weighted by atomic mass is 10.1. The Balaban J connectivity index is 2.24. The SMILES string of the molecule is CC(C)Oc1ccc(-n2c(N)c3c(cc2=O)C(=O)NC3=O)cc1C(F)(F)F. The first kappa shape index (κ1) is 18.5. The van der Waals surface area contributed by atoms with Gasteiger partial charge in [0.25, 0.3) is 17.4 Å². The van der Waals surface area contributed by atoms with Gasteiger partial charge in [-0.3, -0.25) is 24.3 Å². The van der Waals surface area contributed by atoms with E-state index in [-0.39, 0.29) is 16.8 Å². The molecule has 0 saturated heterocycles. The lowest BCUT2D eigenvalue weighted by Gasteiger charge is -2.19. The molecule has 2 amide bonds. The average Bonchev–Trinajstić information content (AvgIpc) is 2.81. The summed E-state index contributed by atoms with van der Waals surface area (Å²) < 4.78 is 46.2. The van der Waals surface area contributed by atoms with Crippen molar-refractivity contribution in [3.8, 4) is 11.4 Å². The van der Waals surface area contributed by atoms with Crippen LogP contribution >= 0.6 is 0 Å². The third kappa shape index (κ3) is 3.14. The summed E-state index contributed by atoms with van der Waals surface area (Å²) in [5.41, 5.74) is 3.21. The molecule has 1 aliphatic rings. The Hall–Kier alpha value is -3.30. The number of nitrogens with zero attached hydrogens (tertiary/aromatic N) is 1. The standard InChI is InChI=1S/C17H14F3N3O4/c1-7(2)27-11-4-3-8(5-10(11)17(18,19)20)23-12(24)6-9-13(14(23)21)16(26)22-15(9)25/h3-7H,21H2,1-2H3,(H,22,25,26). The highest BCUT2D eigenvalue weighted by atomic mass is 19.4. The van der Waals surface area contributed by atoms with E-state index in [1.54, 1.807) is 13.8 Å². The number of amides is 2. The quantitative estimate of drug-likeness (QED) is 0.793. The summed E-state index contributed by atoms with van der Waals surface area (Å²) >= 11 is 0. The highest BCUT2D eigenvalue weighted by Gasteiger charge is 2.36. The largest absolute Gasteiger partial charge is 0.490 e. The van der Waals surface area contributed by atoms with Crippen molar-refractivity contribution in [3.05, 3.63) is 51.3 Å². The van der Waals surface area contributed by atoms with E-state index in [0.29, 0.717) is 6.07 Å². The number of nitrogens with one attached hydrogen (secondary N) is 1. The number of hydrogen-bond donors (Lipinski definition) is 2.